The third kappa shape index (κ3) is 3.09. The summed E-state index contributed by atoms with van der Waals surface area (Å²) in [6.45, 7) is 0. The number of hydrogen-bond acceptors (Lipinski definition) is 6. The molecule has 3 aromatic rings. The molecule has 0 amide bonds. The zero-order chi connectivity index (χ0) is 20.1. The number of nitrogens with zero attached hydrogens (tertiary/aromatic N) is 4. The van der Waals surface area contributed by atoms with Crippen molar-refractivity contribution in [2.24, 2.45) is 17.8 Å². The van der Waals surface area contributed by atoms with E-state index in [1.807, 2.05) is 0 Å². The van der Waals surface area contributed by atoms with Crippen molar-refractivity contribution < 1.29 is 14.3 Å². The fourth-order valence-corrected chi connectivity index (χ4v) is 4.94. The van der Waals surface area contributed by atoms with Crippen molar-refractivity contribution >= 4 is 34.6 Å². The minimum atomic E-state index is -0.840. The topological polar surface area (TPSA) is 117 Å². The molecule has 0 aliphatic heterocycles. The van der Waals surface area contributed by atoms with E-state index in [-0.39, 0.29) is 34.7 Å². The van der Waals surface area contributed by atoms with Crippen molar-refractivity contribution in [1.29, 1.82) is 0 Å². The first-order chi connectivity index (χ1) is 14.0. The van der Waals surface area contributed by atoms with Gasteiger partial charge in [-0.15, -0.1) is 0 Å². The largest absolute Gasteiger partial charge is 0.481 e. The molecule has 2 atom stereocenters. The van der Waals surface area contributed by atoms with E-state index in [0.717, 1.165) is 31.9 Å². The molecule has 10 heteroatoms. The van der Waals surface area contributed by atoms with Gasteiger partial charge in [0.1, 0.15) is 10.7 Å². The second kappa shape index (κ2) is 6.91. The van der Waals surface area contributed by atoms with Crippen LogP contribution in [0, 0.1) is 23.6 Å². The molecule has 150 valence electrons. The molecule has 0 radical (unpaired) electrons. The van der Waals surface area contributed by atoms with Crippen LogP contribution >= 0.6 is 11.6 Å². The summed E-state index contributed by atoms with van der Waals surface area (Å²) in [6.07, 6.45) is 7.86. The van der Waals surface area contributed by atoms with Crippen LogP contribution < -0.4 is 5.32 Å². The van der Waals surface area contributed by atoms with E-state index < -0.39 is 17.7 Å². The molecule has 3 aliphatic rings. The number of anilines is 1. The SMILES string of the molecule is O=C(O)[C@H]1C2CCC(CC2)C1Nc1nc(-c2c[nH]c3ncc(Cl)nc23)ncc1F. The van der Waals surface area contributed by atoms with Crippen LogP contribution in [0.5, 0.6) is 0 Å². The van der Waals surface area contributed by atoms with E-state index >= 15 is 0 Å². The van der Waals surface area contributed by atoms with Gasteiger partial charge in [0, 0.05) is 12.2 Å². The molecule has 6 rings (SSSR count). The van der Waals surface area contributed by atoms with Crippen molar-refractivity contribution in [3.8, 4) is 11.4 Å². The number of carbonyl (C=O) groups is 1. The van der Waals surface area contributed by atoms with Crippen LogP contribution in [0.3, 0.4) is 0 Å². The Balaban J connectivity index is 1.51. The Morgan fingerprint density at radius 1 is 1.17 bits per heavy atom. The van der Waals surface area contributed by atoms with E-state index in [0.29, 0.717) is 16.7 Å². The van der Waals surface area contributed by atoms with Gasteiger partial charge in [-0.3, -0.25) is 4.79 Å². The molecular formula is C19H18ClFN6O2. The molecule has 3 heterocycles. The third-order valence-electron chi connectivity index (χ3n) is 6.14. The summed E-state index contributed by atoms with van der Waals surface area (Å²) in [6, 6.07) is -0.352. The van der Waals surface area contributed by atoms with Crippen molar-refractivity contribution in [2.45, 2.75) is 31.7 Å². The molecule has 3 N–H and O–H groups in total. The van der Waals surface area contributed by atoms with Crippen LogP contribution in [0.4, 0.5) is 10.2 Å². The van der Waals surface area contributed by atoms with Crippen LogP contribution in [-0.2, 0) is 4.79 Å². The summed E-state index contributed by atoms with van der Waals surface area (Å²) >= 11 is 5.95. The average molecular weight is 417 g/mol. The van der Waals surface area contributed by atoms with Gasteiger partial charge in [0.15, 0.2) is 23.1 Å². The molecule has 8 nitrogen and oxygen atoms in total. The first kappa shape index (κ1) is 18.2. The number of carboxylic acids is 1. The number of aromatic amines is 1. The van der Waals surface area contributed by atoms with Gasteiger partial charge in [0.25, 0.3) is 0 Å². The second-order valence-electron chi connectivity index (χ2n) is 7.69. The van der Waals surface area contributed by atoms with Crippen molar-refractivity contribution in [3.63, 3.8) is 0 Å². The highest BCUT2D eigenvalue weighted by atomic mass is 35.5. The summed E-state index contributed by atoms with van der Waals surface area (Å²) < 4.78 is 14.5. The van der Waals surface area contributed by atoms with Crippen LogP contribution in [0.15, 0.2) is 18.6 Å². The highest BCUT2D eigenvalue weighted by Gasteiger charge is 2.47. The van der Waals surface area contributed by atoms with Gasteiger partial charge in [-0.1, -0.05) is 11.6 Å². The van der Waals surface area contributed by atoms with Crippen LogP contribution in [0.1, 0.15) is 25.7 Å². The molecule has 0 spiro atoms. The molecule has 3 saturated carbocycles. The maximum Gasteiger partial charge on any atom is 0.308 e. The van der Waals surface area contributed by atoms with Crippen molar-refractivity contribution in [1.82, 2.24) is 24.9 Å². The Bertz CT molecular complexity index is 1100. The quantitative estimate of drug-likeness (QED) is 0.595. The van der Waals surface area contributed by atoms with Crippen LogP contribution in [0.2, 0.25) is 5.15 Å². The van der Waals surface area contributed by atoms with E-state index in [9.17, 15) is 14.3 Å². The number of nitrogens with one attached hydrogen (secondary N) is 2. The first-order valence-corrected chi connectivity index (χ1v) is 9.91. The highest BCUT2D eigenvalue weighted by molar-refractivity contribution is 6.29. The van der Waals surface area contributed by atoms with Crippen molar-refractivity contribution in [3.05, 3.63) is 29.6 Å². The maximum atomic E-state index is 14.5. The zero-order valence-corrected chi connectivity index (χ0v) is 16.0. The fraction of sp³-hybridized carbons (Fsp3) is 0.421. The number of aliphatic carboxylic acids is 1. The van der Waals surface area contributed by atoms with Gasteiger partial charge in [-0.05, 0) is 37.5 Å². The first-order valence-electron chi connectivity index (χ1n) is 9.53. The number of halogens is 2. The number of aromatic nitrogens is 5. The van der Waals surface area contributed by atoms with Crippen LogP contribution in [0.25, 0.3) is 22.6 Å². The molecular weight excluding hydrogens is 399 g/mol. The van der Waals surface area contributed by atoms with Crippen molar-refractivity contribution in [2.75, 3.05) is 5.32 Å². The average Bonchev–Trinajstić information content (AvgIpc) is 3.13. The molecule has 29 heavy (non-hydrogen) atoms. The molecule has 0 aromatic carbocycles. The second-order valence-corrected chi connectivity index (χ2v) is 8.08. The van der Waals surface area contributed by atoms with Gasteiger partial charge in [-0.25, -0.2) is 24.3 Å². The Morgan fingerprint density at radius 3 is 2.69 bits per heavy atom. The maximum absolute atomic E-state index is 14.5. The van der Waals surface area contributed by atoms with E-state index in [4.69, 9.17) is 11.6 Å². The lowest BCUT2D eigenvalue weighted by molar-refractivity contribution is -0.148. The van der Waals surface area contributed by atoms with E-state index in [1.54, 1.807) is 6.20 Å². The lowest BCUT2D eigenvalue weighted by atomic mass is 9.61. The monoisotopic (exact) mass is 416 g/mol. The lowest BCUT2D eigenvalue weighted by Gasteiger charge is -2.47. The standard InChI is InChI=1S/C19H18ClFN6O2/c20-12-7-24-18-15(25-12)10(5-22-18)16-23-6-11(21)17(27-16)26-14-9-3-1-8(2-4-9)13(14)19(28)29/h5-9,13-14H,1-4H2,(H,22,24)(H,28,29)(H,23,26,27)/t8?,9?,13-,14?/m0/s1. The van der Waals surface area contributed by atoms with Gasteiger partial charge in [0.05, 0.1) is 23.9 Å². The summed E-state index contributed by atoms with van der Waals surface area (Å²) in [5.41, 5.74) is 1.54. The smallest absolute Gasteiger partial charge is 0.308 e. The van der Waals surface area contributed by atoms with Gasteiger partial charge < -0.3 is 15.4 Å². The van der Waals surface area contributed by atoms with Gasteiger partial charge >= 0.3 is 5.97 Å². The molecule has 3 aromatic heterocycles. The number of H-pyrrole nitrogens is 1. The normalized spacial score (nSPS) is 26.0. The van der Waals surface area contributed by atoms with Crippen LogP contribution in [-0.4, -0.2) is 42.0 Å². The predicted octanol–water partition coefficient (Wildman–Crippen LogP) is 3.51. The Kier molecular flexibility index (Phi) is 4.34. The molecule has 2 bridgehead atoms. The number of rotatable bonds is 4. The summed E-state index contributed by atoms with van der Waals surface area (Å²) in [5, 5.41) is 13.0. The Labute approximate surface area is 170 Å². The summed E-state index contributed by atoms with van der Waals surface area (Å²) in [5.74, 6) is -1.44. The number of hydrogen-bond donors (Lipinski definition) is 3. The predicted molar refractivity (Wildman–Crippen MR) is 104 cm³/mol. The van der Waals surface area contributed by atoms with Gasteiger partial charge in [-0.2, -0.15) is 0 Å². The minimum absolute atomic E-state index is 0.00290. The van der Waals surface area contributed by atoms with E-state index in [1.165, 1.54) is 6.20 Å². The van der Waals surface area contributed by atoms with E-state index in [2.05, 4.69) is 30.2 Å². The highest BCUT2D eigenvalue weighted by Crippen LogP contribution is 2.46. The molecule has 0 saturated heterocycles. The summed E-state index contributed by atoms with van der Waals surface area (Å²) in [7, 11) is 0. The summed E-state index contributed by atoms with van der Waals surface area (Å²) in [4.78, 5) is 31.7. The Hall–Kier alpha value is -2.81. The third-order valence-corrected chi connectivity index (χ3v) is 6.33. The molecule has 1 unspecified atom stereocenters. The van der Waals surface area contributed by atoms with Gasteiger partial charge in [0.2, 0.25) is 0 Å². The Morgan fingerprint density at radius 2 is 1.93 bits per heavy atom. The fourth-order valence-electron chi connectivity index (χ4n) is 4.81. The number of fused-ring (bicyclic) bond motifs is 4. The number of carboxylic acid groups (broad SMARTS) is 1. The minimum Gasteiger partial charge on any atom is -0.481 e. The zero-order valence-electron chi connectivity index (χ0n) is 15.3. The lowest BCUT2D eigenvalue weighted by Crippen LogP contribution is -2.51. The molecule has 3 aliphatic carbocycles. The molecule has 3 fully saturated rings.